The second kappa shape index (κ2) is 8.39. The number of hydrogen-bond acceptors (Lipinski definition) is 5. The molecular formula is C23H18N6O. The number of H-pyrrole nitrogens is 1. The van der Waals surface area contributed by atoms with Crippen molar-refractivity contribution in [3.05, 3.63) is 101 Å². The third-order valence-electron chi connectivity index (χ3n) is 4.65. The van der Waals surface area contributed by atoms with Gasteiger partial charge in [0.2, 0.25) is 0 Å². The van der Waals surface area contributed by atoms with Gasteiger partial charge in [0.25, 0.3) is 5.91 Å². The van der Waals surface area contributed by atoms with Crippen molar-refractivity contribution in [3.63, 3.8) is 0 Å². The summed E-state index contributed by atoms with van der Waals surface area (Å²) < 4.78 is 0. The normalized spacial score (nSPS) is 12.0. The van der Waals surface area contributed by atoms with E-state index in [1.807, 2.05) is 24.3 Å². The first-order valence-corrected chi connectivity index (χ1v) is 9.28. The highest BCUT2D eigenvalue weighted by Gasteiger charge is 2.14. The van der Waals surface area contributed by atoms with Crippen molar-refractivity contribution in [1.82, 2.24) is 15.4 Å². The van der Waals surface area contributed by atoms with Gasteiger partial charge in [0, 0.05) is 5.56 Å². The zero-order chi connectivity index (χ0) is 20.9. The Morgan fingerprint density at radius 2 is 1.83 bits per heavy atom. The minimum absolute atomic E-state index is 0.330. The van der Waals surface area contributed by atoms with Gasteiger partial charge in [-0.05, 0) is 47.5 Å². The summed E-state index contributed by atoms with van der Waals surface area (Å²) in [6.45, 7) is 0. The predicted octanol–water partition coefficient (Wildman–Crippen LogP) is 3.25. The van der Waals surface area contributed by atoms with E-state index in [2.05, 4.69) is 26.6 Å². The quantitative estimate of drug-likeness (QED) is 0.355. The van der Waals surface area contributed by atoms with Crippen LogP contribution in [0.3, 0.4) is 0 Å². The van der Waals surface area contributed by atoms with Crippen LogP contribution >= 0.6 is 0 Å². The van der Waals surface area contributed by atoms with E-state index in [-0.39, 0.29) is 5.91 Å². The number of hydrazone groups is 1. The molecule has 0 saturated carbocycles. The average molecular weight is 394 g/mol. The standard InChI is InChI=1S/C23H18N6O/c24-13-15-5-7-16(8-6-15)14-26-29-23(30)18-11-9-17(10-12-18)21(25)22-27-19-3-1-2-4-20(19)28-22/h1-12,14,21H,25H2,(H,27,28)(H,29,30). The number of nitriles is 1. The highest BCUT2D eigenvalue weighted by atomic mass is 16.2. The molecular weight excluding hydrogens is 376 g/mol. The number of aromatic amines is 1. The number of carbonyl (C=O) groups excluding carboxylic acids is 1. The molecule has 0 fully saturated rings. The molecule has 4 N–H and O–H groups in total. The van der Waals surface area contributed by atoms with Gasteiger partial charge in [-0.1, -0.05) is 36.4 Å². The van der Waals surface area contributed by atoms with E-state index >= 15 is 0 Å². The van der Waals surface area contributed by atoms with Crippen LogP contribution in [-0.2, 0) is 0 Å². The molecule has 1 heterocycles. The summed E-state index contributed by atoms with van der Waals surface area (Å²) in [5, 5.41) is 12.8. The molecule has 0 saturated heterocycles. The summed E-state index contributed by atoms with van der Waals surface area (Å²) in [4.78, 5) is 20.0. The number of aromatic nitrogens is 2. The average Bonchev–Trinajstić information content (AvgIpc) is 3.23. The van der Waals surface area contributed by atoms with Gasteiger partial charge in [-0.15, -0.1) is 0 Å². The number of nitrogens with one attached hydrogen (secondary N) is 2. The summed E-state index contributed by atoms with van der Waals surface area (Å²) in [5.74, 6) is 0.337. The largest absolute Gasteiger partial charge is 0.340 e. The molecule has 0 radical (unpaired) electrons. The molecule has 0 aliphatic heterocycles. The lowest BCUT2D eigenvalue weighted by molar-refractivity contribution is 0.0955. The fraction of sp³-hybridized carbons (Fsp3) is 0.0435. The predicted molar refractivity (Wildman–Crippen MR) is 115 cm³/mol. The van der Waals surface area contributed by atoms with E-state index in [4.69, 9.17) is 11.0 Å². The molecule has 7 heteroatoms. The molecule has 0 aliphatic carbocycles. The molecule has 1 atom stereocenters. The van der Waals surface area contributed by atoms with Gasteiger partial charge in [-0.3, -0.25) is 4.79 Å². The maximum atomic E-state index is 12.3. The summed E-state index contributed by atoms with van der Waals surface area (Å²) in [5.41, 5.74) is 13.3. The van der Waals surface area contributed by atoms with Crippen LogP contribution in [0.25, 0.3) is 11.0 Å². The van der Waals surface area contributed by atoms with Crippen LogP contribution < -0.4 is 11.2 Å². The van der Waals surface area contributed by atoms with Crippen LogP contribution in [-0.4, -0.2) is 22.1 Å². The minimum Gasteiger partial charge on any atom is -0.340 e. The molecule has 7 nitrogen and oxygen atoms in total. The van der Waals surface area contributed by atoms with Crippen molar-refractivity contribution in [3.8, 4) is 6.07 Å². The molecule has 30 heavy (non-hydrogen) atoms. The number of imidazole rings is 1. The lowest BCUT2D eigenvalue weighted by atomic mass is 10.0. The van der Waals surface area contributed by atoms with Gasteiger partial charge in [0.05, 0.1) is 34.9 Å². The lowest BCUT2D eigenvalue weighted by Crippen LogP contribution is -2.18. The topological polar surface area (TPSA) is 120 Å². The van der Waals surface area contributed by atoms with Crippen molar-refractivity contribution in [2.75, 3.05) is 0 Å². The van der Waals surface area contributed by atoms with Gasteiger partial charge in [0.1, 0.15) is 5.82 Å². The zero-order valence-electron chi connectivity index (χ0n) is 15.9. The SMILES string of the molecule is N#Cc1ccc(C=NNC(=O)c2ccc(C(N)c3nc4ccccc4[nH]3)cc2)cc1. The molecule has 3 aromatic carbocycles. The molecule has 1 unspecified atom stereocenters. The summed E-state index contributed by atoms with van der Waals surface area (Å²) in [7, 11) is 0. The number of carbonyl (C=O) groups is 1. The number of amides is 1. The van der Waals surface area contributed by atoms with E-state index in [0.29, 0.717) is 17.0 Å². The monoisotopic (exact) mass is 394 g/mol. The van der Waals surface area contributed by atoms with E-state index in [0.717, 1.165) is 22.2 Å². The first kappa shape index (κ1) is 19.1. The van der Waals surface area contributed by atoms with Gasteiger partial charge in [0.15, 0.2) is 0 Å². The van der Waals surface area contributed by atoms with Crippen molar-refractivity contribution in [2.24, 2.45) is 10.8 Å². The summed E-state index contributed by atoms with van der Waals surface area (Å²) in [6, 6.07) is 23.2. The Kier molecular flexibility index (Phi) is 5.33. The van der Waals surface area contributed by atoms with Crippen LogP contribution in [0.2, 0.25) is 0 Å². The summed E-state index contributed by atoms with van der Waals surface area (Å²) in [6.07, 6.45) is 1.52. The number of fused-ring (bicyclic) bond motifs is 1. The Morgan fingerprint density at radius 3 is 2.53 bits per heavy atom. The van der Waals surface area contributed by atoms with Gasteiger partial charge < -0.3 is 10.7 Å². The van der Waals surface area contributed by atoms with Crippen LogP contribution in [0.4, 0.5) is 0 Å². The molecule has 146 valence electrons. The second-order valence-electron chi connectivity index (χ2n) is 6.67. The Balaban J connectivity index is 1.41. The molecule has 0 spiro atoms. The smallest absolute Gasteiger partial charge is 0.271 e. The highest BCUT2D eigenvalue weighted by Crippen LogP contribution is 2.20. The Hall–Kier alpha value is -4.28. The van der Waals surface area contributed by atoms with Crippen LogP contribution in [0, 0.1) is 11.3 Å². The van der Waals surface area contributed by atoms with E-state index in [1.54, 1.807) is 48.5 Å². The minimum atomic E-state index is -0.427. The number of hydrogen-bond donors (Lipinski definition) is 3. The second-order valence-corrected chi connectivity index (χ2v) is 6.67. The number of nitrogens with zero attached hydrogens (tertiary/aromatic N) is 3. The van der Waals surface area contributed by atoms with Gasteiger partial charge in [-0.25, -0.2) is 10.4 Å². The maximum Gasteiger partial charge on any atom is 0.271 e. The van der Waals surface area contributed by atoms with Crippen LogP contribution in [0.5, 0.6) is 0 Å². The third-order valence-corrected chi connectivity index (χ3v) is 4.65. The maximum absolute atomic E-state index is 12.3. The third kappa shape index (κ3) is 4.09. The molecule has 0 aliphatic rings. The first-order valence-electron chi connectivity index (χ1n) is 9.28. The van der Waals surface area contributed by atoms with Crippen molar-refractivity contribution in [1.29, 1.82) is 5.26 Å². The van der Waals surface area contributed by atoms with Crippen LogP contribution in [0.1, 0.15) is 38.9 Å². The van der Waals surface area contributed by atoms with Crippen molar-refractivity contribution < 1.29 is 4.79 Å². The molecule has 4 rings (SSSR count). The van der Waals surface area contributed by atoms with E-state index in [9.17, 15) is 4.79 Å². The highest BCUT2D eigenvalue weighted by molar-refractivity contribution is 5.94. The first-order chi connectivity index (χ1) is 14.6. The van der Waals surface area contributed by atoms with Gasteiger partial charge in [-0.2, -0.15) is 10.4 Å². The molecule has 1 aromatic heterocycles. The fourth-order valence-corrected chi connectivity index (χ4v) is 2.99. The molecule has 4 aromatic rings. The Labute approximate surface area is 172 Å². The van der Waals surface area contributed by atoms with Gasteiger partial charge >= 0.3 is 0 Å². The number of nitrogens with two attached hydrogens (primary N) is 1. The lowest BCUT2D eigenvalue weighted by Gasteiger charge is -2.09. The van der Waals surface area contributed by atoms with E-state index in [1.165, 1.54) is 6.21 Å². The van der Waals surface area contributed by atoms with E-state index < -0.39 is 6.04 Å². The zero-order valence-corrected chi connectivity index (χ0v) is 15.9. The van der Waals surface area contributed by atoms with Crippen molar-refractivity contribution in [2.45, 2.75) is 6.04 Å². The Bertz CT molecular complexity index is 1220. The van der Waals surface area contributed by atoms with Crippen molar-refractivity contribution >= 4 is 23.2 Å². The van der Waals surface area contributed by atoms with Crippen LogP contribution in [0.15, 0.2) is 77.9 Å². The number of benzene rings is 3. The molecule has 1 amide bonds. The fourth-order valence-electron chi connectivity index (χ4n) is 2.99. The number of rotatable bonds is 5. The number of para-hydroxylation sites is 2. The molecule has 0 bridgehead atoms. The summed E-state index contributed by atoms with van der Waals surface area (Å²) >= 11 is 0. The Morgan fingerprint density at radius 1 is 1.10 bits per heavy atom.